The van der Waals surface area contributed by atoms with E-state index in [1.165, 1.54) is 46.5 Å². The molecule has 0 radical (unpaired) electrons. The van der Waals surface area contributed by atoms with Crippen LogP contribution >= 0.6 is 73.1 Å². The van der Waals surface area contributed by atoms with E-state index in [2.05, 4.69) is 74.8 Å². The molecule has 0 aliphatic heterocycles. The molecule has 0 bridgehead atoms. The molecule has 0 atom stereocenters. The number of hydrogen-bond donors (Lipinski definition) is 10. The molecule has 3 heterocycles. The Kier molecular flexibility index (Phi) is 43.0. The number of nitrogens with one attached hydrogen (secondary N) is 4. The van der Waals surface area contributed by atoms with E-state index in [1.807, 2.05) is 83.6 Å². The first-order chi connectivity index (χ1) is 65.2. The second kappa shape index (κ2) is 54.5. The second-order valence-corrected chi connectivity index (χ2v) is 36.5. The van der Waals surface area contributed by atoms with Gasteiger partial charge in [-0.1, -0.05) is 193 Å². The van der Waals surface area contributed by atoms with Crippen LogP contribution in [0.4, 0.5) is 0 Å². The van der Waals surface area contributed by atoms with Crippen molar-refractivity contribution in [2.75, 3.05) is 92.2 Å². The number of ether oxygens (including phenoxy) is 3. The summed E-state index contributed by atoms with van der Waals surface area (Å²) >= 11 is 19.7. The fourth-order valence-electron chi connectivity index (χ4n) is 13.4. The third kappa shape index (κ3) is 33.0. The van der Waals surface area contributed by atoms with Gasteiger partial charge in [0.25, 0.3) is 17.7 Å². The molecule has 12 aromatic rings. The van der Waals surface area contributed by atoms with Crippen LogP contribution in [0.1, 0.15) is 200 Å². The summed E-state index contributed by atoms with van der Waals surface area (Å²) in [6, 6.07) is 62.3. The Balaban J connectivity index is 0.000000216. The van der Waals surface area contributed by atoms with Crippen LogP contribution in [0.3, 0.4) is 0 Å². The van der Waals surface area contributed by atoms with Gasteiger partial charge in [-0.2, -0.15) is 0 Å². The fraction of sp³-hybridized carbons (Fsp3) is 0.264. The number of amides is 3. The second-order valence-electron chi connectivity index (χ2n) is 32.2. The molecule has 10 N–H and O–H groups in total. The third-order valence-corrected chi connectivity index (χ3v) is 25.5. The molecule has 0 saturated carbocycles. The van der Waals surface area contributed by atoms with Crippen LogP contribution in [0.5, 0.6) is 17.2 Å². The molecule has 0 spiro atoms. The summed E-state index contributed by atoms with van der Waals surface area (Å²) in [6.07, 6.45) is 2.34. The topological polar surface area (TPSA) is 387 Å². The minimum Gasteiger partial charge on any atom is -0.506 e. The number of halogens is 3. The van der Waals surface area contributed by atoms with Crippen molar-refractivity contribution in [1.82, 2.24) is 16.0 Å². The number of aliphatic hydroxyl groups excluding tert-OH is 3. The van der Waals surface area contributed by atoms with Crippen molar-refractivity contribution in [3.8, 4) is 48.6 Å². The van der Waals surface area contributed by atoms with Crippen LogP contribution in [0.2, 0.25) is 10.0 Å². The van der Waals surface area contributed by atoms with Crippen LogP contribution < -0.4 is 16.0 Å². The SMILES string of the molecule is CC(=N)c1csc(-c2ccc(Br)cc2)c1O.CC(=NCC(=O)c1cccc(C(=O)CCc2ccc(C(=O)NCCOCCO)cc2)c1)c1csc(-c2ccc(C(C)(C)C)cc2)c1O.CC(=NCC(=O)c1cccc(C(=O)CCc2ccc(C(=O)NCCOCCO)cc2)c1)c1csc(-c2ccc(Cl)c(Cl)c2)c1O.CC(=O)c1cccc(C(=O)CCc2ccc(C(=O)NCCOCCO)cc2)c1. The first-order valence-electron chi connectivity index (χ1n) is 43.7. The number of Topliss-reactive ketones (excluding diaryl/α,β-unsaturated/α-hetero) is 6. The number of aliphatic imine (C=N–C) groups is 2. The lowest BCUT2D eigenvalue weighted by molar-refractivity contribution is 0.0834. The first kappa shape index (κ1) is 107. The molecule has 12 rings (SSSR count). The number of ketones is 6. The summed E-state index contributed by atoms with van der Waals surface area (Å²) in [6.45, 7) is 15.4. The summed E-state index contributed by atoms with van der Waals surface area (Å²) in [5, 5.41) is 79.8. The highest BCUT2D eigenvalue weighted by Gasteiger charge is 2.23. The third-order valence-electron chi connectivity index (χ3n) is 21.2. The highest BCUT2D eigenvalue weighted by molar-refractivity contribution is 9.10. The Morgan fingerprint density at radius 2 is 0.699 bits per heavy atom. The number of carbonyl (C=O) groups is 9. The van der Waals surface area contributed by atoms with Gasteiger partial charge in [-0.15, -0.1) is 34.0 Å². The highest BCUT2D eigenvalue weighted by atomic mass is 79.9. The number of thiophene rings is 3. The number of rotatable bonds is 43. The predicted octanol–water partition coefficient (Wildman–Crippen LogP) is 20.1. The zero-order chi connectivity index (χ0) is 98.4. The van der Waals surface area contributed by atoms with Crippen LogP contribution in [-0.2, 0) is 38.9 Å². The largest absolute Gasteiger partial charge is 0.506 e. The van der Waals surface area contributed by atoms with Gasteiger partial charge in [0.2, 0.25) is 0 Å². The standard InChI is InChI=1S/C38H42N2O6S.C34H32Cl2N2O6S.C22H25NO5.C12H10BrNOS/c1-25(32-24-47-36(35(32)44)27-13-15-31(16-14-27)38(2,3)4)40-23-34(43)30-7-5-6-29(22-30)33(42)17-10-26-8-11-28(12-9-26)37(45)39-18-20-46-21-19-41;1-21(27-20-45-33(32(27)42)26-10-11-28(35)29(36)18-26)38-19-31(41)25-4-2-3-24(17-25)30(40)12-7-22-5-8-23(9-6-22)34(43)37-13-15-44-16-14-39;1-16(25)19-3-2-4-20(15-19)21(26)10-7-17-5-8-18(9-6-17)22(27)23-11-13-28-14-12-24;1-7(14)10-6-16-12(11(10)15)8-2-4-9(13)5-3-8/h5-9,11-16,22,24,41,44H,10,17-21,23H2,1-4H3,(H,39,45);2-6,8-11,17-18,20,39,42H,7,12-16,19H2,1H3,(H,37,43);2-6,8-9,15,24H,7,10-14H2,1H3,(H,23,27);2-6,14-15H,1H3. The van der Waals surface area contributed by atoms with Gasteiger partial charge in [0, 0.05) is 143 Å². The van der Waals surface area contributed by atoms with Crippen LogP contribution in [0, 0.1) is 5.41 Å². The van der Waals surface area contributed by atoms with Gasteiger partial charge in [-0.05, 0) is 170 Å². The molecular formula is C106H109BrCl2N6O18S3. The average Bonchev–Trinajstić information content (AvgIpc) is 1.65. The number of nitrogens with zero attached hydrogens (tertiary/aromatic N) is 2. The van der Waals surface area contributed by atoms with Crippen molar-refractivity contribution < 1.29 is 88.0 Å². The van der Waals surface area contributed by atoms with E-state index in [4.69, 9.17) is 58.1 Å². The Labute approximate surface area is 821 Å². The minimum atomic E-state index is -0.253. The summed E-state index contributed by atoms with van der Waals surface area (Å²) in [5.74, 6) is -0.991. The average molecular weight is 2000 g/mol. The van der Waals surface area contributed by atoms with E-state index in [9.17, 15) is 58.5 Å². The molecule has 710 valence electrons. The zero-order valence-corrected chi connectivity index (χ0v) is 82.0. The van der Waals surface area contributed by atoms with Crippen LogP contribution in [0.15, 0.2) is 243 Å². The molecule has 24 nitrogen and oxygen atoms in total. The van der Waals surface area contributed by atoms with Crippen molar-refractivity contribution in [1.29, 1.82) is 5.41 Å². The maximum absolute atomic E-state index is 13.0. The van der Waals surface area contributed by atoms with Gasteiger partial charge < -0.3 is 66.2 Å². The van der Waals surface area contributed by atoms with Gasteiger partial charge in [-0.25, -0.2) is 0 Å². The Morgan fingerprint density at radius 1 is 0.382 bits per heavy atom. The number of aryl methyl sites for hydroxylation is 3. The lowest BCUT2D eigenvalue weighted by Gasteiger charge is -2.19. The molecule has 9 aromatic carbocycles. The first-order valence-corrected chi connectivity index (χ1v) is 47.9. The van der Waals surface area contributed by atoms with E-state index in [0.29, 0.717) is 164 Å². The molecule has 30 heteroatoms. The maximum Gasteiger partial charge on any atom is 0.251 e. The fourth-order valence-corrected chi connectivity index (χ4v) is 17.0. The number of aliphatic hydroxyl groups is 3. The molecule has 3 aromatic heterocycles. The van der Waals surface area contributed by atoms with Gasteiger partial charge in [0.1, 0.15) is 30.3 Å². The van der Waals surface area contributed by atoms with Crippen molar-refractivity contribution in [2.45, 2.75) is 92.4 Å². The molecule has 3 amide bonds. The quantitative estimate of drug-likeness (QED) is 0.00964. The molecule has 136 heavy (non-hydrogen) atoms. The van der Waals surface area contributed by atoms with Crippen LogP contribution in [-0.4, -0.2) is 192 Å². The monoisotopic (exact) mass is 2000 g/mol. The van der Waals surface area contributed by atoms with E-state index < -0.39 is 0 Å². The number of hydrogen-bond acceptors (Lipinski definition) is 24. The van der Waals surface area contributed by atoms with E-state index in [-0.39, 0.29) is 141 Å². The molecule has 0 unspecified atom stereocenters. The maximum atomic E-state index is 13.0. The van der Waals surface area contributed by atoms with E-state index in [1.54, 1.807) is 154 Å². The summed E-state index contributed by atoms with van der Waals surface area (Å²) < 4.78 is 16.4. The molecule has 0 aliphatic rings. The summed E-state index contributed by atoms with van der Waals surface area (Å²) in [7, 11) is 0. The minimum absolute atomic E-state index is 0.0206. The number of carbonyl (C=O) groups excluding carboxylic acids is 9. The Morgan fingerprint density at radius 3 is 1.03 bits per heavy atom. The lowest BCUT2D eigenvalue weighted by atomic mass is 9.86. The molecule has 0 aliphatic carbocycles. The van der Waals surface area contributed by atoms with Crippen molar-refractivity contribution >= 4 is 143 Å². The number of benzene rings is 9. The Bertz CT molecular complexity index is 6190. The smallest absolute Gasteiger partial charge is 0.251 e. The zero-order valence-electron chi connectivity index (χ0n) is 76.4. The molecule has 0 saturated heterocycles. The van der Waals surface area contributed by atoms with Gasteiger partial charge >= 0.3 is 0 Å². The van der Waals surface area contributed by atoms with E-state index >= 15 is 0 Å². The van der Waals surface area contributed by atoms with Crippen LogP contribution in [0.25, 0.3) is 31.3 Å². The van der Waals surface area contributed by atoms with E-state index in [0.717, 1.165) is 47.6 Å². The predicted molar refractivity (Wildman–Crippen MR) is 543 cm³/mol. The van der Waals surface area contributed by atoms with Gasteiger partial charge in [-0.3, -0.25) is 53.1 Å². The van der Waals surface area contributed by atoms with Gasteiger partial charge in [0.05, 0.1) is 84.1 Å². The Hall–Kier alpha value is -12.3. The lowest BCUT2D eigenvalue weighted by Crippen LogP contribution is -2.27. The van der Waals surface area contributed by atoms with Gasteiger partial charge in [0.15, 0.2) is 34.7 Å². The number of aromatic hydroxyl groups is 3. The van der Waals surface area contributed by atoms with Crippen molar-refractivity contribution in [3.05, 3.63) is 332 Å². The summed E-state index contributed by atoms with van der Waals surface area (Å²) in [4.78, 5) is 123. The van der Waals surface area contributed by atoms with Crippen molar-refractivity contribution in [2.24, 2.45) is 9.98 Å². The molecule has 0 fully saturated rings. The summed E-state index contributed by atoms with van der Waals surface area (Å²) in [5.41, 5.74) is 14.1. The normalized spacial score (nSPS) is 11.2. The molecular weight excluding hydrogens is 1890 g/mol. The van der Waals surface area contributed by atoms with Crippen molar-refractivity contribution in [3.63, 3.8) is 0 Å². The highest BCUT2D eigenvalue weighted by Crippen LogP contribution is 2.43.